The van der Waals surface area contributed by atoms with Crippen molar-refractivity contribution in [2.75, 3.05) is 5.75 Å². The molecule has 2 heterocycles. The molecule has 1 aliphatic rings. The van der Waals surface area contributed by atoms with Crippen LogP contribution in [-0.2, 0) is 0 Å². The minimum atomic E-state index is 0.233. The Labute approximate surface area is 109 Å². The molecule has 0 amide bonds. The number of aromatic nitrogens is 3. The first-order chi connectivity index (χ1) is 8.69. The minimum absolute atomic E-state index is 0.233. The summed E-state index contributed by atoms with van der Waals surface area (Å²) < 4.78 is 1.99. The first-order valence-electron chi connectivity index (χ1n) is 5.94. The number of pyridine rings is 1. The highest BCUT2D eigenvalue weighted by Crippen LogP contribution is 2.51. The Kier molecular flexibility index (Phi) is 2.74. The second-order valence-electron chi connectivity index (χ2n) is 4.90. The molecule has 2 aromatic rings. The van der Waals surface area contributed by atoms with Crippen molar-refractivity contribution in [3.8, 4) is 0 Å². The van der Waals surface area contributed by atoms with E-state index in [-0.39, 0.29) is 5.41 Å². The van der Waals surface area contributed by atoms with Crippen LogP contribution in [-0.4, -0.2) is 26.2 Å². The lowest BCUT2D eigenvalue weighted by Crippen LogP contribution is -2.18. The molecule has 0 atom stereocenters. The van der Waals surface area contributed by atoms with Gasteiger partial charge >= 0.3 is 0 Å². The first-order valence-corrected chi connectivity index (χ1v) is 6.93. The van der Waals surface area contributed by atoms with Crippen LogP contribution in [0.2, 0.25) is 0 Å². The zero-order valence-electron chi connectivity index (χ0n) is 9.97. The zero-order chi connectivity index (χ0) is 12.6. The number of nitrogens with two attached hydrogens (primary N) is 1. The third kappa shape index (κ3) is 2.20. The van der Waals surface area contributed by atoms with Gasteiger partial charge in [0.2, 0.25) is 0 Å². The Hall–Kier alpha value is -1.56. The van der Waals surface area contributed by atoms with Crippen molar-refractivity contribution in [3.05, 3.63) is 24.4 Å². The van der Waals surface area contributed by atoms with E-state index in [4.69, 9.17) is 11.1 Å². The van der Waals surface area contributed by atoms with Gasteiger partial charge in [-0.25, -0.2) is 0 Å². The summed E-state index contributed by atoms with van der Waals surface area (Å²) in [6, 6.07) is 5.87. The molecule has 0 saturated heterocycles. The van der Waals surface area contributed by atoms with E-state index in [0.29, 0.717) is 12.3 Å². The van der Waals surface area contributed by atoms with Crippen molar-refractivity contribution < 1.29 is 0 Å². The van der Waals surface area contributed by atoms with Crippen LogP contribution in [0.15, 0.2) is 29.6 Å². The number of amidine groups is 1. The van der Waals surface area contributed by atoms with E-state index in [0.717, 1.165) is 29.4 Å². The summed E-state index contributed by atoms with van der Waals surface area (Å²) in [5, 5.41) is 16.6. The molecule has 3 rings (SSSR count). The van der Waals surface area contributed by atoms with Gasteiger partial charge in [0.15, 0.2) is 10.8 Å². The second-order valence-corrected chi connectivity index (χ2v) is 5.84. The van der Waals surface area contributed by atoms with Gasteiger partial charge < -0.3 is 5.73 Å². The number of nitrogens with zero attached hydrogens (tertiary/aromatic N) is 3. The van der Waals surface area contributed by atoms with Crippen LogP contribution in [0.5, 0.6) is 0 Å². The van der Waals surface area contributed by atoms with Crippen LogP contribution in [0, 0.1) is 10.8 Å². The van der Waals surface area contributed by atoms with Crippen molar-refractivity contribution in [3.63, 3.8) is 0 Å². The van der Waals surface area contributed by atoms with E-state index in [9.17, 15) is 0 Å². The average molecular weight is 261 g/mol. The lowest BCUT2D eigenvalue weighted by Gasteiger charge is -2.12. The number of hydrogen-bond acceptors (Lipinski definition) is 4. The molecule has 0 spiro atoms. The summed E-state index contributed by atoms with van der Waals surface area (Å²) >= 11 is 1.71. The molecular formula is C12H15N5S. The molecule has 0 bridgehead atoms. The smallest absolute Gasteiger partial charge is 0.195 e. The van der Waals surface area contributed by atoms with E-state index in [1.807, 2.05) is 28.8 Å². The molecule has 18 heavy (non-hydrogen) atoms. The predicted octanol–water partition coefficient (Wildman–Crippen LogP) is 1.93. The first kappa shape index (κ1) is 11.5. The van der Waals surface area contributed by atoms with Gasteiger partial charge in [0.25, 0.3) is 0 Å². The van der Waals surface area contributed by atoms with Gasteiger partial charge in [-0.2, -0.15) is 0 Å². The van der Waals surface area contributed by atoms with Gasteiger partial charge in [-0.3, -0.25) is 9.81 Å². The van der Waals surface area contributed by atoms with Crippen molar-refractivity contribution in [1.29, 1.82) is 5.41 Å². The van der Waals surface area contributed by atoms with Crippen molar-refractivity contribution >= 4 is 23.2 Å². The van der Waals surface area contributed by atoms with Crippen LogP contribution < -0.4 is 5.73 Å². The van der Waals surface area contributed by atoms with E-state index in [1.165, 1.54) is 0 Å². The number of hydrogen-bond donors (Lipinski definition) is 2. The summed E-state index contributed by atoms with van der Waals surface area (Å²) in [6.45, 7) is 0. The molecule has 0 aromatic carbocycles. The fourth-order valence-corrected chi connectivity index (χ4v) is 3.31. The number of rotatable bonds is 5. The molecule has 1 saturated carbocycles. The largest absolute Gasteiger partial charge is 0.388 e. The molecule has 3 N–H and O–H groups in total. The maximum Gasteiger partial charge on any atom is 0.195 e. The number of fused-ring (bicyclic) bond motifs is 1. The molecule has 0 aliphatic heterocycles. The van der Waals surface area contributed by atoms with Crippen molar-refractivity contribution in [2.45, 2.75) is 24.4 Å². The van der Waals surface area contributed by atoms with Crippen LogP contribution in [0.1, 0.15) is 19.3 Å². The van der Waals surface area contributed by atoms with E-state index >= 15 is 0 Å². The molecule has 1 aliphatic carbocycles. The average Bonchev–Trinajstić information content (AvgIpc) is 2.98. The molecule has 94 valence electrons. The Morgan fingerprint density at radius 2 is 2.28 bits per heavy atom. The predicted molar refractivity (Wildman–Crippen MR) is 71.9 cm³/mol. The second kappa shape index (κ2) is 4.28. The maximum atomic E-state index is 7.41. The van der Waals surface area contributed by atoms with Gasteiger partial charge in [0.1, 0.15) is 0 Å². The van der Waals surface area contributed by atoms with Crippen LogP contribution in [0.4, 0.5) is 0 Å². The SMILES string of the molecule is N=C(N)CC1(CSc2nnc3ccccn23)CC1. The summed E-state index contributed by atoms with van der Waals surface area (Å²) in [5.41, 5.74) is 6.60. The topological polar surface area (TPSA) is 80.1 Å². The van der Waals surface area contributed by atoms with E-state index < -0.39 is 0 Å². The fourth-order valence-electron chi connectivity index (χ4n) is 2.09. The fraction of sp³-hybridized carbons (Fsp3) is 0.417. The number of nitrogens with one attached hydrogen (secondary N) is 1. The normalized spacial score (nSPS) is 16.9. The lowest BCUT2D eigenvalue weighted by atomic mass is 10.1. The third-order valence-corrected chi connectivity index (χ3v) is 4.61. The van der Waals surface area contributed by atoms with Crippen LogP contribution >= 0.6 is 11.8 Å². The molecule has 0 radical (unpaired) electrons. The quantitative estimate of drug-likeness (QED) is 0.489. The molecular weight excluding hydrogens is 246 g/mol. The van der Waals surface area contributed by atoms with Crippen molar-refractivity contribution in [1.82, 2.24) is 14.6 Å². The monoisotopic (exact) mass is 261 g/mol. The van der Waals surface area contributed by atoms with Gasteiger partial charge in [0, 0.05) is 18.4 Å². The Morgan fingerprint density at radius 3 is 3.00 bits per heavy atom. The van der Waals surface area contributed by atoms with E-state index in [1.54, 1.807) is 11.8 Å². The third-order valence-electron chi connectivity index (χ3n) is 3.31. The van der Waals surface area contributed by atoms with Gasteiger partial charge in [0.05, 0.1) is 5.84 Å². The van der Waals surface area contributed by atoms with Gasteiger partial charge in [-0.1, -0.05) is 17.8 Å². The zero-order valence-corrected chi connectivity index (χ0v) is 10.8. The van der Waals surface area contributed by atoms with E-state index in [2.05, 4.69) is 10.2 Å². The summed E-state index contributed by atoms with van der Waals surface area (Å²) in [5.74, 6) is 1.25. The summed E-state index contributed by atoms with van der Waals surface area (Å²) in [4.78, 5) is 0. The highest BCUT2D eigenvalue weighted by Gasteiger charge is 2.43. The van der Waals surface area contributed by atoms with Gasteiger partial charge in [-0.15, -0.1) is 10.2 Å². The van der Waals surface area contributed by atoms with Crippen LogP contribution in [0.25, 0.3) is 5.65 Å². The molecule has 6 heteroatoms. The van der Waals surface area contributed by atoms with Crippen molar-refractivity contribution in [2.24, 2.45) is 11.1 Å². The molecule has 0 unspecified atom stereocenters. The highest BCUT2D eigenvalue weighted by atomic mass is 32.2. The summed E-state index contributed by atoms with van der Waals surface area (Å²) in [6.07, 6.45) is 5.01. The Balaban J connectivity index is 1.72. The molecule has 1 fully saturated rings. The van der Waals surface area contributed by atoms with Crippen LogP contribution in [0.3, 0.4) is 0 Å². The minimum Gasteiger partial charge on any atom is -0.388 e. The molecule has 2 aromatic heterocycles. The Bertz CT molecular complexity index is 587. The standard InChI is InChI=1S/C12H15N5S/c13-9(14)7-12(4-5-12)8-18-11-16-15-10-3-1-2-6-17(10)11/h1-3,6H,4-5,7-8H2,(H3,13,14). The Morgan fingerprint density at radius 1 is 1.44 bits per heavy atom. The van der Waals surface area contributed by atoms with Gasteiger partial charge in [-0.05, 0) is 30.4 Å². The maximum absolute atomic E-state index is 7.41. The number of thioether (sulfide) groups is 1. The summed E-state index contributed by atoms with van der Waals surface area (Å²) in [7, 11) is 0. The molecule has 5 nitrogen and oxygen atoms in total. The lowest BCUT2D eigenvalue weighted by molar-refractivity contribution is 0.610. The highest BCUT2D eigenvalue weighted by molar-refractivity contribution is 7.99.